The maximum atomic E-state index is 12.8. The second-order valence-corrected chi connectivity index (χ2v) is 6.85. The third-order valence-electron chi connectivity index (χ3n) is 5.10. The first-order chi connectivity index (χ1) is 13.9. The number of benzene rings is 2. The van der Waals surface area contributed by atoms with Crippen molar-refractivity contribution < 1.29 is 23.9 Å². The number of ether oxygens (including phenoxy) is 3. The van der Waals surface area contributed by atoms with Gasteiger partial charge in [-0.05, 0) is 50.1 Å². The van der Waals surface area contributed by atoms with Gasteiger partial charge >= 0.3 is 0 Å². The van der Waals surface area contributed by atoms with E-state index in [1.807, 2.05) is 18.2 Å². The Bertz CT molecular complexity index is 914. The van der Waals surface area contributed by atoms with Gasteiger partial charge in [0.05, 0.1) is 25.2 Å². The summed E-state index contributed by atoms with van der Waals surface area (Å²) < 4.78 is 16.4. The zero-order valence-corrected chi connectivity index (χ0v) is 16.7. The number of carbonyl (C=O) groups is 1. The zero-order valence-electron chi connectivity index (χ0n) is 16.7. The molecule has 1 aliphatic rings. The molecule has 1 saturated heterocycles. The van der Waals surface area contributed by atoms with Crippen LogP contribution < -0.4 is 14.2 Å². The maximum absolute atomic E-state index is 12.8. The van der Waals surface area contributed by atoms with Gasteiger partial charge in [-0.15, -0.1) is 0 Å². The Morgan fingerprint density at radius 1 is 1.17 bits per heavy atom. The fourth-order valence-corrected chi connectivity index (χ4v) is 3.64. The molecule has 3 rings (SSSR count). The minimum absolute atomic E-state index is 0.0217. The molecule has 0 N–H and O–H groups in total. The molecule has 1 heterocycles. The highest BCUT2D eigenvalue weighted by Crippen LogP contribution is 2.39. The quantitative estimate of drug-likeness (QED) is 0.520. The largest absolute Gasteiger partial charge is 0.497 e. The molecule has 0 saturated carbocycles. The van der Waals surface area contributed by atoms with Crippen molar-refractivity contribution in [3.63, 3.8) is 0 Å². The number of rotatable bonds is 7. The van der Waals surface area contributed by atoms with E-state index >= 15 is 0 Å². The molecular weight excluding hydrogens is 376 g/mol. The van der Waals surface area contributed by atoms with Gasteiger partial charge in [-0.25, -0.2) is 0 Å². The van der Waals surface area contributed by atoms with Crippen LogP contribution in [0.5, 0.6) is 17.2 Å². The zero-order chi connectivity index (χ0) is 21.0. The van der Waals surface area contributed by atoms with Crippen LogP contribution in [0.25, 0.3) is 0 Å². The lowest BCUT2D eigenvalue weighted by molar-refractivity contribution is -0.385. The van der Waals surface area contributed by atoms with Gasteiger partial charge in [-0.1, -0.05) is 0 Å². The van der Waals surface area contributed by atoms with Gasteiger partial charge in [0.25, 0.3) is 11.6 Å². The van der Waals surface area contributed by atoms with Gasteiger partial charge < -0.3 is 19.1 Å². The van der Waals surface area contributed by atoms with E-state index < -0.39 is 4.92 Å². The highest BCUT2D eigenvalue weighted by Gasteiger charge is 2.32. The van der Waals surface area contributed by atoms with Crippen molar-refractivity contribution in [2.75, 3.05) is 27.4 Å². The first-order valence-corrected chi connectivity index (χ1v) is 9.34. The summed E-state index contributed by atoms with van der Waals surface area (Å²) in [7, 11) is 3.20. The lowest BCUT2D eigenvalue weighted by Gasteiger charge is -2.26. The monoisotopic (exact) mass is 400 g/mol. The summed E-state index contributed by atoms with van der Waals surface area (Å²) in [5.41, 5.74) is 1.41. The van der Waals surface area contributed by atoms with Crippen LogP contribution in [0.4, 0.5) is 5.69 Å². The third-order valence-corrected chi connectivity index (χ3v) is 5.10. The first-order valence-electron chi connectivity index (χ1n) is 9.34. The molecule has 1 aliphatic heterocycles. The maximum Gasteiger partial charge on any atom is 0.272 e. The average Bonchev–Trinajstić information content (AvgIpc) is 3.21. The average molecular weight is 400 g/mol. The van der Waals surface area contributed by atoms with Crippen LogP contribution in [0.1, 0.15) is 30.0 Å². The van der Waals surface area contributed by atoms with Crippen LogP contribution in [0.3, 0.4) is 0 Å². The Morgan fingerprint density at radius 3 is 2.59 bits per heavy atom. The van der Waals surface area contributed by atoms with E-state index in [4.69, 9.17) is 14.2 Å². The number of nitro benzene ring substituents is 1. The number of amides is 1. The van der Waals surface area contributed by atoms with E-state index in [1.54, 1.807) is 32.1 Å². The Kier molecular flexibility index (Phi) is 6.21. The highest BCUT2D eigenvalue weighted by atomic mass is 16.6. The van der Waals surface area contributed by atoms with Crippen molar-refractivity contribution in [2.24, 2.45) is 0 Å². The number of nitrogens with zero attached hydrogens (tertiary/aromatic N) is 2. The highest BCUT2D eigenvalue weighted by molar-refractivity contribution is 5.78. The molecule has 1 fully saturated rings. The van der Waals surface area contributed by atoms with Crippen molar-refractivity contribution in [3.05, 3.63) is 57.6 Å². The summed E-state index contributed by atoms with van der Waals surface area (Å²) in [5.74, 6) is 1.70. The number of hydrogen-bond donors (Lipinski definition) is 0. The van der Waals surface area contributed by atoms with E-state index in [9.17, 15) is 14.9 Å². The van der Waals surface area contributed by atoms with Crippen molar-refractivity contribution in [3.8, 4) is 17.2 Å². The Labute approximate surface area is 169 Å². The summed E-state index contributed by atoms with van der Waals surface area (Å²) in [6.07, 6.45) is 1.71. The predicted molar refractivity (Wildman–Crippen MR) is 107 cm³/mol. The van der Waals surface area contributed by atoms with E-state index in [0.717, 1.165) is 18.4 Å². The Morgan fingerprint density at radius 2 is 1.93 bits per heavy atom. The second kappa shape index (κ2) is 8.81. The number of likely N-dealkylation sites (tertiary alicyclic amines) is 1. The third kappa shape index (κ3) is 4.42. The molecule has 29 heavy (non-hydrogen) atoms. The smallest absolute Gasteiger partial charge is 0.272 e. The lowest BCUT2D eigenvalue weighted by Crippen LogP contribution is -2.34. The summed E-state index contributed by atoms with van der Waals surface area (Å²) in [6, 6.07) is 9.90. The predicted octanol–water partition coefficient (Wildman–Crippen LogP) is 3.66. The second-order valence-electron chi connectivity index (χ2n) is 6.85. The van der Waals surface area contributed by atoms with Gasteiger partial charge in [-0.2, -0.15) is 0 Å². The molecular formula is C21H24N2O6. The molecule has 8 nitrogen and oxygen atoms in total. The van der Waals surface area contributed by atoms with Crippen molar-refractivity contribution in [2.45, 2.75) is 25.8 Å². The molecule has 8 heteroatoms. The van der Waals surface area contributed by atoms with E-state index in [-0.39, 0.29) is 24.2 Å². The summed E-state index contributed by atoms with van der Waals surface area (Å²) >= 11 is 0. The van der Waals surface area contributed by atoms with Crippen LogP contribution in [0.2, 0.25) is 0 Å². The van der Waals surface area contributed by atoms with Crippen LogP contribution in [0, 0.1) is 17.0 Å². The molecule has 0 aromatic heterocycles. The van der Waals surface area contributed by atoms with E-state index in [2.05, 4.69) is 0 Å². The molecule has 0 aliphatic carbocycles. The fourth-order valence-electron chi connectivity index (χ4n) is 3.64. The van der Waals surface area contributed by atoms with Crippen molar-refractivity contribution in [1.29, 1.82) is 0 Å². The standard InChI is InChI=1S/C21H24N2O6/c1-14-11-16(6-8-18(14)23(25)26)29-13-21(24)22-10-4-5-19(22)17-12-15(27-2)7-9-20(17)28-3/h6-9,11-12,19H,4-5,10,13H2,1-3H3/t19-/m0/s1. The van der Waals surface area contributed by atoms with Gasteiger partial charge in [-0.3, -0.25) is 14.9 Å². The van der Waals surface area contributed by atoms with Crippen LogP contribution in [-0.2, 0) is 4.79 Å². The topological polar surface area (TPSA) is 91.1 Å². The first kappa shape index (κ1) is 20.4. The van der Waals surface area contributed by atoms with E-state index in [0.29, 0.717) is 29.4 Å². The van der Waals surface area contributed by atoms with E-state index in [1.165, 1.54) is 12.1 Å². The van der Waals surface area contributed by atoms with Crippen LogP contribution in [-0.4, -0.2) is 43.1 Å². The van der Waals surface area contributed by atoms with Crippen LogP contribution in [0.15, 0.2) is 36.4 Å². The molecule has 2 aromatic carbocycles. The minimum Gasteiger partial charge on any atom is -0.497 e. The Hall–Kier alpha value is -3.29. The number of hydrogen-bond acceptors (Lipinski definition) is 6. The Balaban J connectivity index is 1.72. The number of carbonyl (C=O) groups excluding carboxylic acids is 1. The SMILES string of the molecule is COc1ccc(OC)c([C@@H]2CCCN2C(=O)COc2ccc([N+](=O)[O-])c(C)c2)c1. The fraction of sp³-hybridized carbons (Fsp3) is 0.381. The van der Waals surface area contributed by atoms with Gasteiger partial charge in [0.1, 0.15) is 17.2 Å². The minimum atomic E-state index is -0.444. The molecule has 1 amide bonds. The van der Waals surface area contributed by atoms with Crippen molar-refractivity contribution in [1.82, 2.24) is 4.90 Å². The van der Waals surface area contributed by atoms with Gasteiger partial charge in [0.2, 0.25) is 0 Å². The number of aryl methyl sites for hydroxylation is 1. The van der Waals surface area contributed by atoms with Crippen molar-refractivity contribution >= 4 is 11.6 Å². The lowest BCUT2D eigenvalue weighted by atomic mass is 10.0. The summed E-state index contributed by atoms with van der Waals surface area (Å²) in [4.78, 5) is 25.1. The molecule has 0 bridgehead atoms. The molecule has 2 aromatic rings. The normalized spacial score (nSPS) is 15.8. The molecule has 0 spiro atoms. The molecule has 0 unspecified atom stereocenters. The molecule has 0 radical (unpaired) electrons. The molecule has 154 valence electrons. The van der Waals surface area contributed by atoms with Gasteiger partial charge in [0, 0.05) is 23.7 Å². The summed E-state index contributed by atoms with van der Waals surface area (Å²) in [6.45, 7) is 2.13. The number of nitro groups is 1. The van der Waals surface area contributed by atoms with Crippen LogP contribution >= 0.6 is 0 Å². The summed E-state index contributed by atoms with van der Waals surface area (Å²) in [5, 5.41) is 10.9. The number of methoxy groups -OCH3 is 2. The molecule has 1 atom stereocenters. The van der Waals surface area contributed by atoms with Gasteiger partial charge in [0.15, 0.2) is 6.61 Å².